The number of unbranched alkanes of at least 4 members (excludes halogenated alkanes) is 1. The van der Waals surface area contributed by atoms with Crippen molar-refractivity contribution in [1.29, 1.82) is 5.26 Å². The third-order valence-electron chi connectivity index (χ3n) is 2.70. The molecule has 74 valence electrons. The molecule has 1 rings (SSSR count). The number of nitriles is 1. The van der Waals surface area contributed by atoms with Crippen molar-refractivity contribution < 1.29 is 5.11 Å². The molecule has 1 aliphatic rings. The van der Waals surface area contributed by atoms with Gasteiger partial charge in [0.25, 0.3) is 0 Å². The summed E-state index contributed by atoms with van der Waals surface area (Å²) in [5.41, 5.74) is -0.453. The van der Waals surface area contributed by atoms with Gasteiger partial charge in [-0.15, -0.1) is 0 Å². The van der Waals surface area contributed by atoms with Crippen LogP contribution in [-0.2, 0) is 0 Å². The van der Waals surface area contributed by atoms with E-state index >= 15 is 0 Å². The molecule has 0 bridgehead atoms. The van der Waals surface area contributed by atoms with Gasteiger partial charge >= 0.3 is 0 Å². The average molecular weight is 182 g/mol. The molecule has 0 atom stereocenters. The fourth-order valence-corrected chi connectivity index (χ4v) is 1.64. The van der Waals surface area contributed by atoms with Crippen LogP contribution in [0.1, 0.15) is 32.6 Å². The average Bonchev–Trinajstić information content (AvgIpc) is 2.08. The van der Waals surface area contributed by atoms with Crippen LogP contribution in [0.15, 0.2) is 0 Å². The first-order valence-electron chi connectivity index (χ1n) is 4.96. The van der Waals surface area contributed by atoms with Gasteiger partial charge in [-0.2, -0.15) is 5.26 Å². The highest BCUT2D eigenvalue weighted by molar-refractivity contribution is 4.82. The van der Waals surface area contributed by atoms with Crippen molar-refractivity contribution >= 4 is 0 Å². The van der Waals surface area contributed by atoms with Crippen LogP contribution in [0.4, 0.5) is 0 Å². The molecular formula is C10H18N2O. The third-order valence-corrected chi connectivity index (χ3v) is 2.70. The van der Waals surface area contributed by atoms with E-state index in [1.807, 2.05) is 6.92 Å². The van der Waals surface area contributed by atoms with Crippen molar-refractivity contribution in [2.45, 2.75) is 38.2 Å². The number of rotatable bonds is 3. The first-order valence-corrected chi connectivity index (χ1v) is 4.96. The lowest BCUT2D eigenvalue weighted by Gasteiger charge is -2.35. The standard InChI is InChI=1S/C10H18N2O/c1-10(13)4-8-12(9-5-10)7-3-2-6-11/h13H,2-5,7-9H2,1H3. The normalized spacial score (nSPS) is 22.5. The van der Waals surface area contributed by atoms with E-state index in [1.54, 1.807) is 0 Å². The summed E-state index contributed by atoms with van der Waals surface area (Å²) < 4.78 is 0. The Kier molecular flexibility index (Phi) is 3.71. The van der Waals surface area contributed by atoms with Gasteiger partial charge in [0.15, 0.2) is 0 Å². The lowest BCUT2D eigenvalue weighted by molar-refractivity contribution is -0.00533. The predicted molar refractivity (Wildman–Crippen MR) is 51.1 cm³/mol. The topological polar surface area (TPSA) is 47.3 Å². The van der Waals surface area contributed by atoms with Gasteiger partial charge in [-0.3, -0.25) is 0 Å². The van der Waals surface area contributed by atoms with Gasteiger partial charge in [-0.1, -0.05) is 0 Å². The molecule has 3 nitrogen and oxygen atoms in total. The highest BCUT2D eigenvalue weighted by atomic mass is 16.3. The predicted octanol–water partition coefficient (Wildman–Crippen LogP) is 1.14. The second kappa shape index (κ2) is 4.59. The van der Waals surface area contributed by atoms with Crippen LogP contribution in [0.3, 0.4) is 0 Å². The molecule has 1 heterocycles. The zero-order valence-electron chi connectivity index (χ0n) is 8.29. The molecule has 1 aliphatic heterocycles. The number of piperidine rings is 1. The minimum atomic E-state index is -0.453. The van der Waals surface area contributed by atoms with Crippen LogP contribution in [0.5, 0.6) is 0 Å². The van der Waals surface area contributed by atoms with E-state index in [4.69, 9.17) is 5.26 Å². The molecule has 0 aromatic rings. The van der Waals surface area contributed by atoms with E-state index in [1.165, 1.54) is 0 Å². The molecule has 0 aromatic carbocycles. The Bertz CT molecular complexity index is 186. The summed E-state index contributed by atoms with van der Waals surface area (Å²) in [6.45, 7) is 4.85. The summed E-state index contributed by atoms with van der Waals surface area (Å²) in [4.78, 5) is 2.33. The highest BCUT2D eigenvalue weighted by Crippen LogP contribution is 2.20. The van der Waals surface area contributed by atoms with Crippen LogP contribution in [0.25, 0.3) is 0 Å². The molecular weight excluding hydrogens is 164 g/mol. The fraction of sp³-hybridized carbons (Fsp3) is 0.900. The molecule has 13 heavy (non-hydrogen) atoms. The van der Waals surface area contributed by atoms with Crippen molar-refractivity contribution in [2.75, 3.05) is 19.6 Å². The van der Waals surface area contributed by atoms with E-state index < -0.39 is 5.60 Å². The van der Waals surface area contributed by atoms with Crippen LogP contribution < -0.4 is 0 Å². The van der Waals surface area contributed by atoms with E-state index in [2.05, 4.69) is 11.0 Å². The summed E-state index contributed by atoms with van der Waals surface area (Å²) in [5.74, 6) is 0. The first kappa shape index (κ1) is 10.5. The maximum Gasteiger partial charge on any atom is 0.0644 e. The quantitative estimate of drug-likeness (QED) is 0.666. The smallest absolute Gasteiger partial charge is 0.0644 e. The molecule has 0 amide bonds. The number of hydrogen-bond acceptors (Lipinski definition) is 3. The monoisotopic (exact) mass is 182 g/mol. The van der Waals surface area contributed by atoms with Gasteiger partial charge in [0, 0.05) is 19.5 Å². The Balaban J connectivity index is 2.15. The second-order valence-electron chi connectivity index (χ2n) is 4.10. The van der Waals surface area contributed by atoms with Crippen molar-refractivity contribution in [3.63, 3.8) is 0 Å². The zero-order chi connectivity index (χ0) is 9.73. The molecule has 0 spiro atoms. The second-order valence-corrected chi connectivity index (χ2v) is 4.10. The maximum atomic E-state index is 9.68. The molecule has 0 aromatic heterocycles. The number of hydrogen-bond donors (Lipinski definition) is 1. The summed E-state index contributed by atoms with van der Waals surface area (Å²) in [6.07, 6.45) is 3.32. The largest absolute Gasteiger partial charge is 0.390 e. The molecule has 1 saturated heterocycles. The summed E-state index contributed by atoms with van der Waals surface area (Å²) in [7, 11) is 0. The van der Waals surface area contributed by atoms with Gasteiger partial charge in [-0.05, 0) is 32.7 Å². The molecule has 0 unspecified atom stereocenters. The van der Waals surface area contributed by atoms with Crippen LogP contribution in [-0.4, -0.2) is 35.2 Å². The SMILES string of the molecule is CC1(O)CCN(CCCC#N)CC1. The van der Waals surface area contributed by atoms with Gasteiger partial charge in [0.05, 0.1) is 11.7 Å². The van der Waals surface area contributed by atoms with E-state index in [9.17, 15) is 5.11 Å². The minimum absolute atomic E-state index is 0.453. The van der Waals surface area contributed by atoms with E-state index in [0.29, 0.717) is 6.42 Å². The Hall–Kier alpha value is -0.590. The zero-order valence-corrected chi connectivity index (χ0v) is 8.29. The molecule has 1 fully saturated rings. The lowest BCUT2D eigenvalue weighted by atomic mass is 9.94. The molecule has 0 aliphatic carbocycles. The Morgan fingerprint density at radius 1 is 1.46 bits per heavy atom. The number of nitrogens with zero attached hydrogens (tertiary/aromatic N) is 2. The Morgan fingerprint density at radius 3 is 2.62 bits per heavy atom. The summed E-state index contributed by atoms with van der Waals surface area (Å²) in [6, 6.07) is 2.15. The first-order chi connectivity index (χ1) is 6.14. The van der Waals surface area contributed by atoms with Crippen molar-refractivity contribution in [3.8, 4) is 6.07 Å². The maximum absolute atomic E-state index is 9.68. The van der Waals surface area contributed by atoms with E-state index in [-0.39, 0.29) is 0 Å². The van der Waals surface area contributed by atoms with E-state index in [0.717, 1.165) is 38.9 Å². The van der Waals surface area contributed by atoms with Crippen LogP contribution in [0, 0.1) is 11.3 Å². The van der Waals surface area contributed by atoms with Crippen LogP contribution in [0.2, 0.25) is 0 Å². The fourth-order valence-electron chi connectivity index (χ4n) is 1.64. The van der Waals surface area contributed by atoms with Gasteiger partial charge in [-0.25, -0.2) is 0 Å². The van der Waals surface area contributed by atoms with Gasteiger partial charge < -0.3 is 10.0 Å². The van der Waals surface area contributed by atoms with Crippen molar-refractivity contribution in [1.82, 2.24) is 4.90 Å². The number of aliphatic hydroxyl groups is 1. The molecule has 0 saturated carbocycles. The summed E-state index contributed by atoms with van der Waals surface area (Å²) in [5, 5.41) is 18.1. The molecule has 1 N–H and O–H groups in total. The van der Waals surface area contributed by atoms with Crippen molar-refractivity contribution in [2.24, 2.45) is 0 Å². The molecule has 0 radical (unpaired) electrons. The summed E-state index contributed by atoms with van der Waals surface area (Å²) >= 11 is 0. The molecule has 3 heteroatoms. The van der Waals surface area contributed by atoms with Crippen molar-refractivity contribution in [3.05, 3.63) is 0 Å². The van der Waals surface area contributed by atoms with Gasteiger partial charge in [0.1, 0.15) is 0 Å². The lowest BCUT2D eigenvalue weighted by Crippen LogP contribution is -2.42. The Morgan fingerprint density at radius 2 is 2.08 bits per heavy atom. The van der Waals surface area contributed by atoms with Gasteiger partial charge in [0.2, 0.25) is 0 Å². The third kappa shape index (κ3) is 3.75. The number of likely N-dealkylation sites (tertiary alicyclic amines) is 1. The minimum Gasteiger partial charge on any atom is -0.390 e. The van der Waals surface area contributed by atoms with Crippen LogP contribution >= 0.6 is 0 Å². The highest BCUT2D eigenvalue weighted by Gasteiger charge is 2.26. The Labute approximate surface area is 80.0 Å².